The first-order valence-corrected chi connectivity index (χ1v) is 11.7. The van der Waals surface area contributed by atoms with Gasteiger partial charge in [-0.2, -0.15) is 5.10 Å². The maximum absolute atomic E-state index is 12.9. The van der Waals surface area contributed by atoms with Crippen LogP contribution in [0.3, 0.4) is 0 Å². The summed E-state index contributed by atoms with van der Waals surface area (Å²) >= 11 is 0. The fraction of sp³-hybridized carbons (Fsp3) is 0.583. The summed E-state index contributed by atoms with van der Waals surface area (Å²) in [5.74, 6) is 0.711. The molecule has 2 amide bonds. The van der Waals surface area contributed by atoms with E-state index in [1.165, 1.54) is 0 Å². The SMILES string of the molecule is CCCN(C(=O)OC(C)(C)C)c1ccc(NC(=O)[C@H](C)N2CCCC(c3ccn[nH]3)C2)nc1. The van der Waals surface area contributed by atoms with Crippen LogP contribution >= 0.6 is 0 Å². The number of hydrogen-bond donors (Lipinski definition) is 2. The molecule has 2 N–H and O–H groups in total. The second kappa shape index (κ2) is 10.8. The number of piperidine rings is 1. The molecule has 1 saturated heterocycles. The summed E-state index contributed by atoms with van der Waals surface area (Å²) in [7, 11) is 0. The van der Waals surface area contributed by atoms with Gasteiger partial charge in [0.15, 0.2) is 0 Å². The largest absolute Gasteiger partial charge is 0.443 e. The van der Waals surface area contributed by atoms with Crippen molar-refractivity contribution >= 4 is 23.5 Å². The number of aromatic nitrogens is 3. The van der Waals surface area contributed by atoms with Gasteiger partial charge in [-0.1, -0.05) is 6.92 Å². The predicted octanol–water partition coefficient (Wildman–Crippen LogP) is 4.16. The van der Waals surface area contributed by atoms with Gasteiger partial charge in [-0.25, -0.2) is 9.78 Å². The molecule has 9 heteroatoms. The zero-order chi connectivity index (χ0) is 24.0. The first-order valence-electron chi connectivity index (χ1n) is 11.7. The van der Waals surface area contributed by atoms with Crippen molar-refractivity contribution in [2.24, 2.45) is 0 Å². The van der Waals surface area contributed by atoms with Crippen molar-refractivity contribution in [3.05, 3.63) is 36.3 Å². The van der Waals surface area contributed by atoms with Gasteiger partial charge < -0.3 is 10.1 Å². The number of aromatic amines is 1. The number of nitrogens with one attached hydrogen (secondary N) is 2. The highest BCUT2D eigenvalue weighted by Crippen LogP contribution is 2.27. The van der Waals surface area contributed by atoms with Crippen LogP contribution in [0.5, 0.6) is 0 Å². The Kier molecular flexibility index (Phi) is 8.07. The molecule has 0 bridgehead atoms. The minimum Gasteiger partial charge on any atom is -0.443 e. The zero-order valence-electron chi connectivity index (χ0n) is 20.3. The third kappa shape index (κ3) is 6.77. The molecule has 0 aliphatic carbocycles. The number of rotatable bonds is 7. The molecule has 2 aromatic rings. The van der Waals surface area contributed by atoms with Crippen LogP contribution in [0.15, 0.2) is 30.6 Å². The molecule has 3 heterocycles. The number of anilines is 2. The number of amides is 2. The molecule has 1 unspecified atom stereocenters. The van der Waals surface area contributed by atoms with Crippen molar-refractivity contribution in [3.63, 3.8) is 0 Å². The lowest BCUT2D eigenvalue weighted by atomic mass is 9.94. The number of H-pyrrole nitrogens is 1. The van der Waals surface area contributed by atoms with E-state index in [0.717, 1.165) is 38.0 Å². The molecule has 0 radical (unpaired) electrons. The molecule has 1 aliphatic rings. The van der Waals surface area contributed by atoms with E-state index >= 15 is 0 Å². The average Bonchev–Trinajstić information content (AvgIpc) is 3.31. The van der Waals surface area contributed by atoms with E-state index in [1.807, 2.05) is 40.7 Å². The van der Waals surface area contributed by atoms with Crippen LogP contribution in [0.25, 0.3) is 0 Å². The van der Waals surface area contributed by atoms with Gasteiger partial charge in [-0.3, -0.25) is 19.7 Å². The van der Waals surface area contributed by atoms with Crippen LogP contribution in [-0.4, -0.2) is 63.4 Å². The Morgan fingerprint density at radius 2 is 2.12 bits per heavy atom. The first kappa shape index (κ1) is 24.7. The van der Waals surface area contributed by atoms with Gasteiger partial charge in [0.05, 0.1) is 17.9 Å². The van der Waals surface area contributed by atoms with Crippen LogP contribution in [-0.2, 0) is 9.53 Å². The van der Waals surface area contributed by atoms with Crippen LogP contribution in [0.2, 0.25) is 0 Å². The monoisotopic (exact) mass is 456 g/mol. The molecular weight excluding hydrogens is 420 g/mol. The molecule has 1 fully saturated rings. The van der Waals surface area contributed by atoms with Crippen LogP contribution in [0.4, 0.5) is 16.3 Å². The molecule has 3 rings (SSSR count). The number of carbonyl (C=O) groups is 2. The summed E-state index contributed by atoms with van der Waals surface area (Å²) in [6.07, 6.45) is 5.85. The van der Waals surface area contributed by atoms with E-state index in [2.05, 4.69) is 25.4 Å². The van der Waals surface area contributed by atoms with Crippen molar-refractivity contribution in [1.29, 1.82) is 0 Å². The summed E-state index contributed by atoms with van der Waals surface area (Å²) < 4.78 is 5.51. The lowest BCUT2D eigenvalue weighted by Gasteiger charge is -2.35. The van der Waals surface area contributed by atoms with Crippen LogP contribution < -0.4 is 10.2 Å². The van der Waals surface area contributed by atoms with Gasteiger partial charge in [0.2, 0.25) is 5.91 Å². The lowest BCUT2D eigenvalue weighted by molar-refractivity contribution is -0.121. The maximum Gasteiger partial charge on any atom is 0.414 e. The molecule has 0 aromatic carbocycles. The molecule has 0 saturated carbocycles. The molecule has 1 aliphatic heterocycles. The summed E-state index contributed by atoms with van der Waals surface area (Å²) in [6.45, 7) is 11.7. The van der Waals surface area contributed by atoms with Gasteiger partial charge in [0.25, 0.3) is 0 Å². The highest BCUT2D eigenvalue weighted by Gasteiger charge is 2.29. The Morgan fingerprint density at radius 3 is 2.73 bits per heavy atom. The lowest BCUT2D eigenvalue weighted by Crippen LogP contribution is -2.46. The molecule has 180 valence electrons. The fourth-order valence-electron chi connectivity index (χ4n) is 3.99. The number of nitrogens with zero attached hydrogens (tertiary/aromatic N) is 4. The van der Waals surface area contributed by atoms with Crippen molar-refractivity contribution in [3.8, 4) is 0 Å². The molecule has 2 atom stereocenters. The van der Waals surface area contributed by atoms with Gasteiger partial charge in [-0.05, 0) is 71.7 Å². The van der Waals surface area contributed by atoms with Gasteiger partial charge >= 0.3 is 6.09 Å². The molecule has 0 spiro atoms. The van der Waals surface area contributed by atoms with E-state index in [4.69, 9.17) is 4.74 Å². The minimum atomic E-state index is -0.578. The quantitative estimate of drug-likeness (QED) is 0.648. The Bertz CT molecular complexity index is 907. The van der Waals surface area contributed by atoms with E-state index < -0.39 is 11.7 Å². The zero-order valence-corrected chi connectivity index (χ0v) is 20.3. The summed E-state index contributed by atoms with van der Waals surface area (Å²) in [5, 5.41) is 10.0. The van der Waals surface area contributed by atoms with Crippen molar-refractivity contribution in [2.75, 3.05) is 29.9 Å². The van der Waals surface area contributed by atoms with E-state index in [9.17, 15) is 9.59 Å². The number of carbonyl (C=O) groups excluding carboxylic acids is 2. The Hall–Kier alpha value is -2.94. The summed E-state index contributed by atoms with van der Waals surface area (Å²) in [4.78, 5) is 33.6. The predicted molar refractivity (Wildman–Crippen MR) is 128 cm³/mol. The first-order chi connectivity index (χ1) is 15.7. The number of likely N-dealkylation sites (tertiary alicyclic amines) is 1. The second-order valence-electron chi connectivity index (χ2n) is 9.54. The van der Waals surface area contributed by atoms with E-state index in [1.54, 1.807) is 29.4 Å². The van der Waals surface area contributed by atoms with Crippen molar-refractivity contribution in [2.45, 2.75) is 71.4 Å². The van der Waals surface area contributed by atoms with Crippen LogP contribution in [0, 0.1) is 0 Å². The molecule has 33 heavy (non-hydrogen) atoms. The summed E-state index contributed by atoms with van der Waals surface area (Å²) in [5.41, 5.74) is 1.17. The smallest absolute Gasteiger partial charge is 0.414 e. The average molecular weight is 457 g/mol. The normalized spacial score (nSPS) is 17.9. The maximum atomic E-state index is 12.9. The van der Waals surface area contributed by atoms with Gasteiger partial charge in [0.1, 0.15) is 11.4 Å². The second-order valence-corrected chi connectivity index (χ2v) is 9.54. The number of ether oxygens (including phenoxy) is 1. The highest BCUT2D eigenvalue weighted by molar-refractivity contribution is 5.94. The third-order valence-corrected chi connectivity index (χ3v) is 5.71. The minimum absolute atomic E-state index is 0.0990. The Balaban J connectivity index is 1.61. The molecule has 2 aromatic heterocycles. The van der Waals surface area contributed by atoms with Gasteiger partial charge in [-0.15, -0.1) is 0 Å². The van der Waals surface area contributed by atoms with E-state index in [0.29, 0.717) is 24.0 Å². The number of pyridine rings is 1. The summed E-state index contributed by atoms with van der Waals surface area (Å²) in [6, 6.07) is 5.22. The fourth-order valence-corrected chi connectivity index (χ4v) is 3.99. The molecular formula is C24H36N6O3. The Morgan fingerprint density at radius 1 is 1.33 bits per heavy atom. The van der Waals surface area contributed by atoms with Gasteiger partial charge in [0, 0.05) is 30.9 Å². The topological polar surface area (TPSA) is 103 Å². The van der Waals surface area contributed by atoms with Crippen molar-refractivity contribution in [1.82, 2.24) is 20.1 Å². The number of hydrogen-bond acceptors (Lipinski definition) is 6. The van der Waals surface area contributed by atoms with Crippen molar-refractivity contribution < 1.29 is 14.3 Å². The van der Waals surface area contributed by atoms with Crippen LogP contribution in [0.1, 0.15) is 65.5 Å². The Labute approximate surface area is 195 Å². The molecule has 9 nitrogen and oxygen atoms in total. The highest BCUT2D eigenvalue weighted by atomic mass is 16.6. The standard InChI is InChI=1S/C24H36N6O3/c1-6-13-30(23(32)33-24(3,4)5)19-9-10-21(25-15-19)27-22(31)17(2)29-14-7-8-18(16-29)20-11-12-26-28-20/h9-12,15,17-18H,6-8,13-14,16H2,1-5H3,(H,26,28)(H,25,27,31)/t17-,18?/m0/s1. The third-order valence-electron chi connectivity index (χ3n) is 5.71. The van der Waals surface area contributed by atoms with E-state index in [-0.39, 0.29) is 11.9 Å².